The van der Waals surface area contributed by atoms with Gasteiger partial charge in [-0.15, -0.1) is 0 Å². The van der Waals surface area contributed by atoms with E-state index < -0.39 is 17.2 Å². The highest BCUT2D eigenvalue weighted by Crippen LogP contribution is 2.23. The first-order valence-corrected chi connectivity index (χ1v) is 10.2. The molecule has 1 heterocycles. The maximum absolute atomic E-state index is 12.9. The summed E-state index contributed by atoms with van der Waals surface area (Å²) in [5.74, 6) is -0.445. The lowest BCUT2D eigenvalue weighted by atomic mass is 10.2. The minimum Gasteiger partial charge on any atom is -0.382 e. The molecule has 1 unspecified atom stereocenters. The lowest BCUT2D eigenvalue weighted by Crippen LogP contribution is -2.42. The molecule has 0 aliphatic heterocycles. The average molecular weight is 407 g/mol. The molecule has 1 atom stereocenters. The molecule has 0 bridgehead atoms. The highest BCUT2D eigenvalue weighted by atomic mass is 32.2. The largest absolute Gasteiger partial charge is 0.382 e. The monoisotopic (exact) mass is 406 g/mol. The van der Waals surface area contributed by atoms with Crippen LogP contribution in [0.1, 0.15) is 27.2 Å². The van der Waals surface area contributed by atoms with Crippen LogP contribution in [-0.2, 0) is 16.1 Å². The van der Waals surface area contributed by atoms with Crippen LogP contribution in [0.3, 0.4) is 0 Å². The van der Waals surface area contributed by atoms with E-state index in [4.69, 9.17) is 4.74 Å². The molecular weight excluding hydrogens is 380 g/mol. The molecule has 1 aromatic carbocycles. The van der Waals surface area contributed by atoms with Gasteiger partial charge in [0.25, 0.3) is 5.56 Å². The van der Waals surface area contributed by atoms with E-state index in [9.17, 15) is 14.4 Å². The Morgan fingerprint density at radius 3 is 2.75 bits per heavy atom. The van der Waals surface area contributed by atoms with Crippen LogP contribution in [0.5, 0.6) is 0 Å². The number of imide groups is 1. The molecule has 0 saturated heterocycles. The lowest BCUT2D eigenvalue weighted by molar-refractivity contribution is -0.119. The van der Waals surface area contributed by atoms with Crippen LogP contribution in [0.4, 0.5) is 4.79 Å². The summed E-state index contributed by atoms with van der Waals surface area (Å²) in [5.41, 5.74) is 0.424. The van der Waals surface area contributed by atoms with Crippen molar-refractivity contribution in [2.24, 2.45) is 0 Å². The minimum absolute atomic E-state index is 0.152. The molecule has 0 fully saturated rings. The van der Waals surface area contributed by atoms with E-state index >= 15 is 0 Å². The third-order valence-corrected chi connectivity index (χ3v) is 5.02. The van der Waals surface area contributed by atoms with Crippen molar-refractivity contribution >= 4 is 34.6 Å². The fourth-order valence-corrected chi connectivity index (χ4v) is 3.47. The number of urea groups is 1. The summed E-state index contributed by atoms with van der Waals surface area (Å²) in [6.45, 7) is 7.36. The fourth-order valence-electron chi connectivity index (χ4n) is 2.53. The molecular formula is C19H26N4O4S. The quantitative estimate of drug-likeness (QED) is 0.376. The van der Waals surface area contributed by atoms with Crippen molar-refractivity contribution in [1.82, 2.24) is 20.2 Å². The van der Waals surface area contributed by atoms with Crippen molar-refractivity contribution < 1.29 is 14.3 Å². The minimum atomic E-state index is -0.603. The number of fused-ring (bicyclic) bond motifs is 1. The number of nitrogens with one attached hydrogen (secondary N) is 2. The van der Waals surface area contributed by atoms with Gasteiger partial charge >= 0.3 is 6.03 Å². The Morgan fingerprint density at radius 1 is 1.29 bits per heavy atom. The van der Waals surface area contributed by atoms with Crippen LogP contribution in [0.2, 0.25) is 0 Å². The van der Waals surface area contributed by atoms with Gasteiger partial charge in [-0.1, -0.05) is 23.9 Å². The van der Waals surface area contributed by atoms with E-state index in [1.165, 1.54) is 0 Å². The van der Waals surface area contributed by atoms with Gasteiger partial charge in [0, 0.05) is 26.3 Å². The van der Waals surface area contributed by atoms with Crippen molar-refractivity contribution in [2.45, 2.75) is 44.1 Å². The number of ether oxygens (including phenoxy) is 1. The van der Waals surface area contributed by atoms with Crippen LogP contribution >= 0.6 is 11.8 Å². The first-order valence-electron chi connectivity index (χ1n) is 9.30. The molecule has 2 N–H and O–H groups in total. The summed E-state index contributed by atoms with van der Waals surface area (Å²) in [5, 5.41) is 5.17. The maximum atomic E-state index is 12.9. The molecule has 152 valence electrons. The summed E-state index contributed by atoms with van der Waals surface area (Å²) in [7, 11) is 0. The number of carbonyl (C=O) groups excluding carboxylic acids is 2. The zero-order valence-corrected chi connectivity index (χ0v) is 17.2. The molecule has 0 saturated carbocycles. The summed E-state index contributed by atoms with van der Waals surface area (Å²) in [6, 6.07) is 6.58. The highest BCUT2D eigenvalue weighted by Gasteiger charge is 2.20. The molecule has 2 rings (SSSR count). The van der Waals surface area contributed by atoms with E-state index in [1.807, 2.05) is 13.0 Å². The van der Waals surface area contributed by atoms with Gasteiger partial charge < -0.3 is 10.1 Å². The number of amides is 3. The van der Waals surface area contributed by atoms with Crippen molar-refractivity contribution in [2.75, 3.05) is 19.8 Å². The number of benzene rings is 1. The standard InChI is InChI=1S/C19H26N4O4S/c1-4-20-18(26)22-16(24)13(3)28-19-21-15-10-7-6-9-14(15)17(25)23(19)11-8-12-27-5-2/h6-7,9-10,13H,4-5,8,11-12H2,1-3H3,(H2,20,22,24,26). The molecule has 8 nitrogen and oxygen atoms in total. The first-order chi connectivity index (χ1) is 13.5. The van der Waals surface area contributed by atoms with Crippen molar-refractivity contribution in [1.29, 1.82) is 0 Å². The zero-order chi connectivity index (χ0) is 20.5. The summed E-state index contributed by atoms with van der Waals surface area (Å²) in [4.78, 5) is 41.3. The van der Waals surface area contributed by atoms with E-state index in [0.717, 1.165) is 11.8 Å². The Kier molecular flexibility index (Phi) is 8.46. The molecule has 2 aromatic rings. The zero-order valence-electron chi connectivity index (χ0n) is 16.4. The topological polar surface area (TPSA) is 102 Å². The Bertz CT molecular complexity index is 884. The fraction of sp³-hybridized carbons (Fsp3) is 0.474. The van der Waals surface area contributed by atoms with Crippen LogP contribution in [-0.4, -0.2) is 46.5 Å². The van der Waals surface area contributed by atoms with Crippen LogP contribution < -0.4 is 16.2 Å². The van der Waals surface area contributed by atoms with Gasteiger partial charge in [-0.2, -0.15) is 0 Å². The molecule has 0 aliphatic carbocycles. The number of carbonyl (C=O) groups is 2. The SMILES string of the molecule is CCNC(=O)NC(=O)C(C)Sc1nc2ccccc2c(=O)n1CCCOCC. The van der Waals surface area contributed by atoms with Crippen molar-refractivity contribution in [3.8, 4) is 0 Å². The number of thioether (sulfide) groups is 1. The third kappa shape index (κ3) is 5.80. The van der Waals surface area contributed by atoms with Gasteiger partial charge in [0.05, 0.1) is 16.2 Å². The van der Waals surface area contributed by atoms with E-state index in [1.54, 1.807) is 36.6 Å². The van der Waals surface area contributed by atoms with E-state index in [-0.39, 0.29) is 5.56 Å². The van der Waals surface area contributed by atoms with Crippen LogP contribution in [0, 0.1) is 0 Å². The lowest BCUT2D eigenvalue weighted by Gasteiger charge is -2.16. The Morgan fingerprint density at radius 2 is 2.04 bits per heavy atom. The summed E-state index contributed by atoms with van der Waals surface area (Å²) >= 11 is 1.15. The van der Waals surface area contributed by atoms with Gasteiger partial charge in [0.1, 0.15) is 0 Å². The number of rotatable bonds is 9. The highest BCUT2D eigenvalue weighted by molar-refractivity contribution is 8.00. The van der Waals surface area contributed by atoms with Crippen LogP contribution in [0.25, 0.3) is 10.9 Å². The molecule has 0 aliphatic rings. The number of aromatic nitrogens is 2. The molecule has 28 heavy (non-hydrogen) atoms. The second-order valence-electron chi connectivity index (χ2n) is 6.03. The van der Waals surface area contributed by atoms with Crippen molar-refractivity contribution in [3.63, 3.8) is 0 Å². The predicted octanol–water partition coefficient (Wildman–Crippen LogP) is 2.15. The summed E-state index contributed by atoms with van der Waals surface area (Å²) < 4.78 is 6.93. The van der Waals surface area contributed by atoms with Gasteiger partial charge in [0.15, 0.2) is 5.16 Å². The molecule has 3 amide bonds. The second kappa shape index (κ2) is 10.8. The Balaban J connectivity index is 2.26. The van der Waals surface area contributed by atoms with Gasteiger partial charge in [-0.25, -0.2) is 9.78 Å². The van der Waals surface area contributed by atoms with Crippen LogP contribution in [0.15, 0.2) is 34.2 Å². The van der Waals surface area contributed by atoms with E-state index in [2.05, 4.69) is 15.6 Å². The number of hydrogen-bond acceptors (Lipinski definition) is 6. The van der Waals surface area contributed by atoms with Gasteiger partial charge in [0.2, 0.25) is 5.91 Å². The maximum Gasteiger partial charge on any atom is 0.321 e. The molecule has 0 spiro atoms. The predicted molar refractivity (Wildman–Crippen MR) is 110 cm³/mol. The Hall–Kier alpha value is -2.39. The smallest absolute Gasteiger partial charge is 0.321 e. The van der Waals surface area contributed by atoms with Gasteiger partial charge in [-0.3, -0.25) is 19.5 Å². The molecule has 0 radical (unpaired) electrons. The number of hydrogen-bond donors (Lipinski definition) is 2. The molecule has 1 aromatic heterocycles. The van der Waals surface area contributed by atoms with E-state index in [0.29, 0.717) is 48.8 Å². The summed E-state index contributed by atoms with van der Waals surface area (Å²) in [6.07, 6.45) is 0.654. The number of para-hydroxylation sites is 1. The van der Waals surface area contributed by atoms with Crippen molar-refractivity contribution in [3.05, 3.63) is 34.6 Å². The number of nitrogens with zero attached hydrogens (tertiary/aromatic N) is 2. The molecule has 9 heteroatoms. The van der Waals surface area contributed by atoms with Gasteiger partial charge in [-0.05, 0) is 39.3 Å². The second-order valence-corrected chi connectivity index (χ2v) is 7.34. The third-order valence-electron chi connectivity index (χ3n) is 3.93. The average Bonchev–Trinajstić information content (AvgIpc) is 2.67. The first kappa shape index (κ1) is 21.9. The normalized spacial score (nSPS) is 12.0. The Labute approximate surface area is 168 Å².